The van der Waals surface area contributed by atoms with Gasteiger partial charge in [0.25, 0.3) is 5.91 Å². The van der Waals surface area contributed by atoms with Crippen molar-refractivity contribution in [1.82, 2.24) is 10.3 Å². The lowest BCUT2D eigenvalue weighted by Gasteiger charge is -2.14. The maximum Gasteiger partial charge on any atom is 0.326 e. The average molecular weight is 279 g/mol. The van der Waals surface area contributed by atoms with Gasteiger partial charge in [0.15, 0.2) is 0 Å². The standard InChI is InChI=1S/C14H21N3O3/c1-3-5-6-11(14(19)20)17-12-8-7-10(9-16-12)13(18)15-4-2/h7-9,11H,3-6H2,1-2H3,(H,15,18)(H,16,17)(H,19,20). The Morgan fingerprint density at radius 3 is 2.60 bits per heavy atom. The Kier molecular flexibility index (Phi) is 6.49. The first-order chi connectivity index (χ1) is 9.58. The summed E-state index contributed by atoms with van der Waals surface area (Å²) >= 11 is 0. The number of carboxylic acids is 1. The van der Waals surface area contributed by atoms with E-state index in [9.17, 15) is 9.59 Å². The van der Waals surface area contributed by atoms with E-state index in [4.69, 9.17) is 5.11 Å². The molecule has 1 aromatic heterocycles. The van der Waals surface area contributed by atoms with Gasteiger partial charge in [-0.05, 0) is 25.5 Å². The van der Waals surface area contributed by atoms with E-state index in [1.165, 1.54) is 6.20 Å². The molecule has 0 spiro atoms. The molecule has 1 rings (SSSR count). The maximum absolute atomic E-state index is 11.6. The Hall–Kier alpha value is -2.11. The van der Waals surface area contributed by atoms with Gasteiger partial charge in [-0.3, -0.25) is 4.79 Å². The number of rotatable bonds is 8. The molecule has 0 fully saturated rings. The lowest BCUT2D eigenvalue weighted by atomic mass is 10.1. The molecule has 0 aromatic carbocycles. The van der Waals surface area contributed by atoms with Crippen LogP contribution >= 0.6 is 0 Å². The van der Waals surface area contributed by atoms with E-state index in [2.05, 4.69) is 15.6 Å². The molecule has 0 aliphatic rings. The third kappa shape index (κ3) is 4.87. The lowest BCUT2D eigenvalue weighted by molar-refractivity contribution is -0.138. The Labute approximate surface area is 118 Å². The number of nitrogens with one attached hydrogen (secondary N) is 2. The van der Waals surface area contributed by atoms with Gasteiger partial charge in [0.2, 0.25) is 0 Å². The van der Waals surface area contributed by atoms with E-state index < -0.39 is 12.0 Å². The van der Waals surface area contributed by atoms with Crippen molar-refractivity contribution in [2.24, 2.45) is 0 Å². The molecule has 6 nitrogen and oxygen atoms in total. The van der Waals surface area contributed by atoms with Crippen molar-refractivity contribution in [3.05, 3.63) is 23.9 Å². The fourth-order valence-electron chi connectivity index (χ4n) is 1.72. The van der Waals surface area contributed by atoms with Crippen LogP contribution in [0.15, 0.2) is 18.3 Å². The monoisotopic (exact) mass is 279 g/mol. The first kappa shape index (κ1) is 15.9. The van der Waals surface area contributed by atoms with E-state index in [0.29, 0.717) is 24.3 Å². The van der Waals surface area contributed by atoms with Crippen LogP contribution in [0.4, 0.5) is 5.82 Å². The number of aliphatic carboxylic acids is 1. The minimum atomic E-state index is -0.895. The zero-order valence-electron chi connectivity index (χ0n) is 11.8. The highest BCUT2D eigenvalue weighted by atomic mass is 16.4. The molecule has 0 saturated heterocycles. The molecule has 1 unspecified atom stereocenters. The predicted octanol–water partition coefficient (Wildman–Crippen LogP) is 1.89. The van der Waals surface area contributed by atoms with Crippen molar-refractivity contribution in [3.63, 3.8) is 0 Å². The molecule has 110 valence electrons. The van der Waals surface area contributed by atoms with Crippen molar-refractivity contribution in [2.45, 2.75) is 39.2 Å². The third-order valence-electron chi connectivity index (χ3n) is 2.83. The fourth-order valence-corrected chi connectivity index (χ4v) is 1.72. The summed E-state index contributed by atoms with van der Waals surface area (Å²) in [5, 5.41) is 14.7. The van der Waals surface area contributed by atoms with E-state index in [-0.39, 0.29) is 5.91 Å². The van der Waals surface area contributed by atoms with Crippen LogP contribution in [-0.2, 0) is 4.79 Å². The number of unbranched alkanes of at least 4 members (excludes halogenated alkanes) is 1. The molecule has 20 heavy (non-hydrogen) atoms. The highest BCUT2D eigenvalue weighted by Crippen LogP contribution is 2.10. The molecule has 0 aliphatic carbocycles. The van der Waals surface area contributed by atoms with E-state index in [1.54, 1.807) is 12.1 Å². The molecular weight excluding hydrogens is 258 g/mol. The zero-order valence-corrected chi connectivity index (χ0v) is 11.8. The molecule has 0 radical (unpaired) electrons. The molecule has 1 atom stereocenters. The number of nitrogens with zero attached hydrogens (tertiary/aromatic N) is 1. The highest BCUT2D eigenvalue weighted by Gasteiger charge is 2.17. The van der Waals surface area contributed by atoms with Gasteiger partial charge in [-0.1, -0.05) is 19.8 Å². The summed E-state index contributed by atoms with van der Waals surface area (Å²) in [6.07, 6.45) is 3.76. The number of amides is 1. The first-order valence-electron chi connectivity index (χ1n) is 6.82. The topological polar surface area (TPSA) is 91.3 Å². The lowest BCUT2D eigenvalue weighted by Crippen LogP contribution is -2.29. The van der Waals surface area contributed by atoms with Crippen LogP contribution in [0.3, 0.4) is 0 Å². The second-order valence-corrected chi connectivity index (χ2v) is 4.47. The van der Waals surface area contributed by atoms with Crippen molar-refractivity contribution in [3.8, 4) is 0 Å². The summed E-state index contributed by atoms with van der Waals surface area (Å²) in [6, 6.07) is 2.59. The predicted molar refractivity (Wildman–Crippen MR) is 76.8 cm³/mol. The Balaban J connectivity index is 2.67. The number of aromatic nitrogens is 1. The van der Waals surface area contributed by atoms with Gasteiger partial charge < -0.3 is 15.7 Å². The van der Waals surface area contributed by atoms with Crippen LogP contribution in [0.2, 0.25) is 0 Å². The minimum Gasteiger partial charge on any atom is -0.480 e. The summed E-state index contributed by atoms with van der Waals surface area (Å²) in [6.45, 7) is 4.40. The van der Waals surface area contributed by atoms with Gasteiger partial charge >= 0.3 is 5.97 Å². The van der Waals surface area contributed by atoms with Gasteiger partial charge in [-0.25, -0.2) is 9.78 Å². The smallest absolute Gasteiger partial charge is 0.326 e. The number of anilines is 1. The van der Waals surface area contributed by atoms with Crippen molar-refractivity contribution >= 4 is 17.7 Å². The van der Waals surface area contributed by atoms with Gasteiger partial charge in [0.1, 0.15) is 11.9 Å². The second-order valence-electron chi connectivity index (χ2n) is 4.47. The molecular formula is C14H21N3O3. The van der Waals surface area contributed by atoms with Crippen molar-refractivity contribution < 1.29 is 14.7 Å². The van der Waals surface area contributed by atoms with Gasteiger partial charge in [-0.15, -0.1) is 0 Å². The van der Waals surface area contributed by atoms with E-state index in [0.717, 1.165) is 12.8 Å². The average Bonchev–Trinajstić information content (AvgIpc) is 2.44. The summed E-state index contributed by atoms with van der Waals surface area (Å²) in [4.78, 5) is 26.8. The first-order valence-corrected chi connectivity index (χ1v) is 6.82. The van der Waals surface area contributed by atoms with Crippen LogP contribution in [0.5, 0.6) is 0 Å². The number of pyridine rings is 1. The van der Waals surface area contributed by atoms with Crippen molar-refractivity contribution in [1.29, 1.82) is 0 Å². The maximum atomic E-state index is 11.6. The Bertz CT molecular complexity index is 445. The molecule has 1 aromatic rings. The second kappa shape index (κ2) is 8.14. The number of hydrogen-bond acceptors (Lipinski definition) is 4. The summed E-state index contributed by atoms with van der Waals surface area (Å²) in [5.74, 6) is -0.623. The minimum absolute atomic E-state index is 0.188. The molecule has 3 N–H and O–H groups in total. The van der Waals surface area contributed by atoms with Gasteiger partial charge in [0, 0.05) is 12.7 Å². The number of carboxylic acid groups (broad SMARTS) is 1. The van der Waals surface area contributed by atoms with Crippen LogP contribution in [0.25, 0.3) is 0 Å². The van der Waals surface area contributed by atoms with Crippen LogP contribution in [-0.4, -0.2) is 34.6 Å². The van der Waals surface area contributed by atoms with Crippen LogP contribution in [0.1, 0.15) is 43.5 Å². The normalized spacial score (nSPS) is 11.7. The largest absolute Gasteiger partial charge is 0.480 e. The number of hydrogen-bond donors (Lipinski definition) is 3. The SMILES string of the molecule is CCCCC(Nc1ccc(C(=O)NCC)cn1)C(=O)O. The molecule has 1 amide bonds. The highest BCUT2D eigenvalue weighted by molar-refractivity contribution is 5.94. The number of carbonyl (C=O) groups excluding carboxylic acids is 1. The molecule has 0 bridgehead atoms. The molecule has 6 heteroatoms. The molecule has 0 aliphatic heterocycles. The molecule has 1 heterocycles. The Morgan fingerprint density at radius 2 is 2.10 bits per heavy atom. The Morgan fingerprint density at radius 1 is 1.35 bits per heavy atom. The van der Waals surface area contributed by atoms with Crippen LogP contribution in [0, 0.1) is 0 Å². The van der Waals surface area contributed by atoms with Crippen LogP contribution < -0.4 is 10.6 Å². The summed E-state index contributed by atoms with van der Waals surface area (Å²) in [7, 11) is 0. The van der Waals surface area contributed by atoms with E-state index in [1.807, 2.05) is 13.8 Å². The van der Waals surface area contributed by atoms with Gasteiger partial charge in [-0.2, -0.15) is 0 Å². The van der Waals surface area contributed by atoms with E-state index >= 15 is 0 Å². The summed E-state index contributed by atoms with van der Waals surface area (Å²) < 4.78 is 0. The zero-order chi connectivity index (χ0) is 15.0. The third-order valence-corrected chi connectivity index (χ3v) is 2.83. The fraction of sp³-hybridized carbons (Fsp3) is 0.500. The molecule has 0 saturated carbocycles. The van der Waals surface area contributed by atoms with Crippen molar-refractivity contribution in [2.75, 3.05) is 11.9 Å². The quantitative estimate of drug-likeness (QED) is 0.676. The number of carbonyl (C=O) groups is 2. The summed E-state index contributed by atoms with van der Waals surface area (Å²) in [5.41, 5.74) is 0.456. The van der Waals surface area contributed by atoms with Gasteiger partial charge in [0.05, 0.1) is 5.56 Å².